The third-order valence-electron chi connectivity index (χ3n) is 0.942. The summed E-state index contributed by atoms with van der Waals surface area (Å²) in [4.78, 5) is 10.6. The van der Waals surface area contributed by atoms with Gasteiger partial charge in [0.25, 0.3) is 0 Å². The molecule has 0 atom stereocenters. The summed E-state index contributed by atoms with van der Waals surface area (Å²) in [5, 5.41) is 2.73. The number of hydrogen-bond acceptors (Lipinski definition) is 1. The molecule has 0 saturated heterocycles. The summed E-state index contributed by atoms with van der Waals surface area (Å²) in [5.41, 5.74) is -0.0208. The first-order valence-electron chi connectivity index (χ1n) is 2.32. The predicted molar refractivity (Wildman–Crippen MR) is 27.2 cm³/mol. The van der Waals surface area contributed by atoms with Crippen LogP contribution in [-0.4, -0.2) is 9.90 Å². The van der Waals surface area contributed by atoms with Gasteiger partial charge in [-0.25, -0.2) is 4.79 Å². The Morgan fingerprint density at radius 1 is 1.88 bits per heavy atom. The number of rotatable bonds is 0. The Balaban J connectivity index is 3.35. The van der Waals surface area contributed by atoms with Crippen molar-refractivity contribution in [2.24, 2.45) is 14.1 Å². The van der Waals surface area contributed by atoms with Gasteiger partial charge in [-0.05, 0) is 0 Å². The van der Waals surface area contributed by atoms with Gasteiger partial charge < -0.3 is 0 Å². The van der Waals surface area contributed by atoms with Crippen molar-refractivity contribution in [2.45, 2.75) is 0 Å². The zero-order valence-electron chi connectivity index (χ0n) is 4.88. The smallest absolute Gasteiger partial charge is 0.235 e. The van der Waals surface area contributed by atoms with Gasteiger partial charge in [0.05, 0.1) is 0 Å². The van der Waals surface area contributed by atoms with Gasteiger partial charge in [0.1, 0.15) is 14.1 Å². The molecule has 4 nitrogen and oxygen atoms in total. The van der Waals surface area contributed by atoms with E-state index >= 15 is 0 Å². The SMILES string of the molecule is Cn1[nH][n+](C)cc1=O. The Morgan fingerprint density at radius 2 is 2.50 bits per heavy atom. The van der Waals surface area contributed by atoms with E-state index < -0.39 is 0 Å². The number of nitrogens with zero attached hydrogens (tertiary/aromatic N) is 2. The lowest BCUT2D eigenvalue weighted by molar-refractivity contribution is -0.732. The summed E-state index contributed by atoms with van der Waals surface area (Å²) in [5.74, 6) is 0. The van der Waals surface area contributed by atoms with Crippen LogP contribution in [0.4, 0.5) is 0 Å². The van der Waals surface area contributed by atoms with Crippen LogP contribution in [0.25, 0.3) is 0 Å². The monoisotopic (exact) mass is 114 g/mol. The fourth-order valence-corrected chi connectivity index (χ4v) is 0.567. The maximum absolute atomic E-state index is 10.6. The van der Waals surface area contributed by atoms with Gasteiger partial charge in [0, 0.05) is 0 Å². The van der Waals surface area contributed by atoms with E-state index in [9.17, 15) is 4.79 Å². The topological polar surface area (TPSA) is 41.7 Å². The van der Waals surface area contributed by atoms with Crippen LogP contribution < -0.4 is 10.2 Å². The summed E-state index contributed by atoms with van der Waals surface area (Å²) < 4.78 is 3.00. The Labute approximate surface area is 46.3 Å². The van der Waals surface area contributed by atoms with E-state index in [-0.39, 0.29) is 5.56 Å². The molecule has 44 valence electrons. The van der Waals surface area contributed by atoms with Crippen LogP contribution in [0.15, 0.2) is 11.0 Å². The second-order valence-electron chi connectivity index (χ2n) is 1.74. The molecule has 0 bridgehead atoms. The van der Waals surface area contributed by atoms with E-state index in [1.54, 1.807) is 18.8 Å². The van der Waals surface area contributed by atoms with Crippen molar-refractivity contribution in [1.82, 2.24) is 9.90 Å². The third-order valence-corrected chi connectivity index (χ3v) is 0.942. The molecule has 1 aromatic rings. The highest BCUT2D eigenvalue weighted by Gasteiger charge is 1.97. The minimum atomic E-state index is -0.0208. The van der Waals surface area contributed by atoms with E-state index in [0.717, 1.165) is 0 Å². The van der Waals surface area contributed by atoms with E-state index in [1.165, 1.54) is 10.9 Å². The van der Waals surface area contributed by atoms with Gasteiger partial charge >= 0.3 is 5.56 Å². The highest BCUT2D eigenvalue weighted by molar-refractivity contribution is 4.58. The van der Waals surface area contributed by atoms with Crippen LogP contribution in [0.1, 0.15) is 0 Å². The number of H-pyrrole nitrogens is 1. The molecule has 0 aromatic carbocycles. The van der Waals surface area contributed by atoms with Crippen molar-refractivity contribution >= 4 is 0 Å². The van der Waals surface area contributed by atoms with Gasteiger partial charge in [-0.2, -0.15) is 4.68 Å². The Kier molecular flexibility index (Phi) is 0.932. The Morgan fingerprint density at radius 3 is 2.62 bits per heavy atom. The Bertz CT molecular complexity index is 234. The fourth-order valence-electron chi connectivity index (χ4n) is 0.567. The molecule has 0 aliphatic rings. The summed E-state index contributed by atoms with van der Waals surface area (Å²) in [7, 11) is 3.43. The maximum Gasteiger partial charge on any atom is 0.392 e. The van der Waals surface area contributed by atoms with Crippen LogP contribution in [0.2, 0.25) is 0 Å². The van der Waals surface area contributed by atoms with Crippen molar-refractivity contribution in [3.8, 4) is 0 Å². The van der Waals surface area contributed by atoms with E-state index in [0.29, 0.717) is 0 Å². The highest BCUT2D eigenvalue weighted by atomic mass is 16.1. The first kappa shape index (κ1) is 5.08. The molecule has 0 aliphatic heterocycles. The van der Waals surface area contributed by atoms with Crippen LogP contribution in [-0.2, 0) is 14.1 Å². The summed E-state index contributed by atoms with van der Waals surface area (Å²) in [6.07, 6.45) is 1.47. The third kappa shape index (κ3) is 0.641. The standard InChI is InChI=1S/C4H7N3O/c1-6-3-4(8)7(2)5-6/h3H,1-2H3/p+1. The quantitative estimate of drug-likeness (QED) is 0.411. The molecular formula is C4H8N3O+. The molecule has 0 fully saturated rings. The number of aromatic amines is 1. The number of nitrogens with one attached hydrogen (secondary N) is 1. The molecule has 1 aromatic heterocycles. The van der Waals surface area contributed by atoms with Gasteiger partial charge in [0.15, 0.2) is 0 Å². The van der Waals surface area contributed by atoms with Crippen molar-refractivity contribution in [3.63, 3.8) is 0 Å². The van der Waals surface area contributed by atoms with Crippen LogP contribution in [0, 0.1) is 0 Å². The molecule has 1 N–H and O–H groups in total. The normalized spacial score (nSPS) is 9.75. The molecular weight excluding hydrogens is 106 g/mol. The number of aryl methyl sites for hydroxylation is 2. The van der Waals surface area contributed by atoms with Crippen molar-refractivity contribution < 1.29 is 4.68 Å². The lowest BCUT2D eigenvalue weighted by Gasteiger charge is -1.74. The first-order chi connectivity index (χ1) is 3.70. The lowest BCUT2D eigenvalue weighted by Crippen LogP contribution is -2.29. The average Bonchev–Trinajstić information content (AvgIpc) is 1.85. The maximum atomic E-state index is 10.6. The van der Waals surface area contributed by atoms with Crippen LogP contribution in [0.3, 0.4) is 0 Å². The molecule has 0 aliphatic carbocycles. The number of hydrogen-bond donors (Lipinski definition) is 1. The lowest BCUT2D eigenvalue weighted by atomic mass is 10.9. The number of aromatic nitrogens is 3. The molecule has 0 saturated carbocycles. The van der Waals surface area contributed by atoms with Gasteiger partial charge in [-0.15, -0.1) is 4.68 Å². The van der Waals surface area contributed by atoms with E-state index in [4.69, 9.17) is 0 Å². The zero-order valence-corrected chi connectivity index (χ0v) is 4.88. The zero-order chi connectivity index (χ0) is 6.15. The largest absolute Gasteiger partial charge is 0.392 e. The summed E-state index contributed by atoms with van der Waals surface area (Å²) in [6.45, 7) is 0. The summed E-state index contributed by atoms with van der Waals surface area (Å²) in [6, 6.07) is 0. The van der Waals surface area contributed by atoms with Crippen molar-refractivity contribution in [2.75, 3.05) is 0 Å². The first-order valence-corrected chi connectivity index (χ1v) is 2.32. The fraction of sp³-hybridized carbons (Fsp3) is 0.500. The van der Waals surface area contributed by atoms with Crippen LogP contribution >= 0.6 is 0 Å². The average molecular weight is 114 g/mol. The van der Waals surface area contributed by atoms with E-state index in [1.807, 2.05) is 0 Å². The van der Waals surface area contributed by atoms with Crippen molar-refractivity contribution in [3.05, 3.63) is 16.6 Å². The minimum absolute atomic E-state index is 0.0208. The molecule has 8 heavy (non-hydrogen) atoms. The van der Waals surface area contributed by atoms with Crippen LogP contribution in [0.5, 0.6) is 0 Å². The molecule has 1 heterocycles. The molecule has 0 amide bonds. The molecule has 0 radical (unpaired) electrons. The van der Waals surface area contributed by atoms with E-state index in [2.05, 4.69) is 5.21 Å². The van der Waals surface area contributed by atoms with Gasteiger partial charge in [-0.3, -0.25) is 0 Å². The highest BCUT2D eigenvalue weighted by Crippen LogP contribution is 1.51. The minimum Gasteiger partial charge on any atom is -0.235 e. The predicted octanol–water partition coefficient (Wildman–Crippen LogP) is -1.46. The Hall–Kier alpha value is -1.06. The van der Waals surface area contributed by atoms with Crippen molar-refractivity contribution in [1.29, 1.82) is 0 Å². The van der Waals surface area contributed by atoms with Gasteiger partial charge in [0.2, 0.25) is 6.20 Å². The molecule has 4 heteroatoms. The molecule has 1 rings (SSSR count). The molecule has 0 unspecified atom stereocenters. The second-order valence-corrected chi connectivity index (χ2v) is 1.74. The second kappa shape index (κ2) is 1.47. The molecule has 0 spiro atoms. The van der Waals surface area contributed by atoms with Gasteiger partial charge in [-0.1, -0.05) is 5.21 Å². The summed E-state index contributed by atoms with van der Waals surface area (Å²) >= 11 is 0.